The number of nitriles is 1. The van der Waals surface area contributed by atoms with Crippen LogP contribution in [0.4, 0.5) is 11.6 Å². The molecule has 6 heteroatoms. The van der Waals surface area contributed by atoms with Crippen molar-refractivity contribution in [3.8, 4) is 6.07 Å². The molecule has 0 aliphatic rings. The number of hydrogen-bond donors (Lipinski definition) is 2. The van der Waals surface area contributed by atoms with E-state index in [0.717, 1.165) is 16.7 Å². The van der Waals surface area contributed by atoms with Crippen LogP contribution in [0.3, 0.4) is 0 Å². The molecule has 22 heavy (non-hydrogen) atoms. The molecule has 0 radical (unpaired) electrons. The number of rotatable bonds is 5. The first-order valence-corrected chi connectivity index (χ1v) is 6.91. The van der Waals surface area contributed by atoms with Gasteiger partial charge in [-0.2, -0.15) is 5.26 Å². The van der Waals surface area contributed by atoms with Crippen molar-refractivity contribution in [2.75, 3.05) is 23.7 Å². The minimum absolute atomic E-state index is 0.298. The molecule has 0 spiro atoms. The molecule has 3 rings (SSSR count). The Morgan fingerprint density at radius 2 is 1.77 bits per heavy atom. The van der Waals surface area contributed by atoms with Gasteiger partial charge in [-0.1, -0.05) is 18.2 Å². The summed E-state index contributed by atoms with van der Waals surface area (Å²) >= 11 is 0. The van der Waals surface area contributed by atoms with Gasteiger partial charge in [-0.25, -0.2) is 15.0 Å². The Morgan fingerprint density at radius 1 is 0.955 bits per heavy atom. The van der Waals surface area contributed by atoms with Crippen LogP contribution in [0, 0.1) is 11.3 Å². The molecule has 0 saturated carbocycles. The standard InChI is InChI=1S/C16H14N6/c17-11-14-16(20-9-7-18-14)21-10-8-19-15-6-5-12-3-1-2-4-13(12)22-15/h1-7,9H,8,10H2,(H,19,22)(H,20,21). The SMILES string of the molecule is N#Cc1nccnc1NCCNc1ccc2ccccc2n1. The molecular weight excluding hydrogens is 276 g/mol. The zero-order valence-corrected chi connectivity index (χ0v) is 11.8. The normalized spacial score (nSPS) is 10.1. The molecule has 1 aromatic carbocycles. The monoisotopic (exact) mass is 290 g/mol. The molecule has 2 N–H and O–H groups in total. The predicted octanol–water partition coefficient (Wildman–Crippen LogP) is 2.42. The highest BCUT2D eigenvalue weighted by atomic mass is 15.1. The third-order valence-electron chi connectivity index (χ3n) is 3.13. The summed E-state index contributed by atoms with van der Waals surface area (Å²) in [6, 6.07) is 14.0. The predicted molar refractivity (Wildman–Crippen MR) is 85.5 cm³/mol. The molecule has 108 valence electrons. The first kappa shape index (κ1) is 13.8. The molecule has 2 aromatic heterocycles. The second-order valence-electron chi connectivity index (χ2n) is 4.61. The van der Waals surface area contributed by atoms with E-state index in [4.69, 9.17) is 5.26 Å². The minimum Gasteiger partial charge on any atom is -0.368 e. The summed E-state index contributed by atoms with van der Waals surface area (Å²) in [6.07, 6.45) is 3.06. The van der Waals surface area contributed by atoms with Gasteiger partial charge in [-0.05, 0) is 18.2 Å². The van der Waals surface area contributed by atoms with Crippen molar-refractivity contribution in [1.82, 2.24) is 15.0 Å². The largest absolute Gasteiger partial charge is 0.368 e. The molecule has 0 atom stereocenters. The number of benzene rings is 1. The van der Waals surface area contributed by atoms with Crippen LogP contribution in [0.1, 0.15) is 5.69 Å². The summed E-state index contributed by atoms with van der Waals surface area (Å²) in [6.45, 7) is 1.27. The Bertz CT molecular complexity index is 824. The summed E-state index contributed by atoms with van der Waals surface area (Å²) < 4.78 is 0. The summed E-state index contributed by atoms with van der Waals surface area (Å²) in [5.74, 6) is 1.32. The van der Waals surface area contributed by atoms with E-state index in [9.17, 15) is 0 Å². The lowest BCUT2D eigenvalue weighted by atomic mass is 10.2. The van der Waals surface area contributed by atoms with Gasteiger partial charge in [0.2, 0.25) is 0 Å². The van der Waals surface area contributed by atoms with Crippen molar-refractivity contribution < 1.29 is 0 Å². The van der Waals surface area contributed by atoms with E-state index < -0.39 is 0 Å². The first-order chi connectivity index (χ1) is 10.9. The highest BCUT2D eigenvalue weighted by molar-refractivity contribution is 5.80. The van der Waals surface area contributed by atoms with E-state index in [2.05, 4.69) is 25.6 Å². The van der Waals surface area contributed by atoms with Crippen LogP contribution in [-0.4, -0.2) is 28.0 Å². The van der Waals surface area contributed by atoms with Crippen molar-refractivity contribution in [2.24, 2.45) is 0 Å². The molecule has 6 nitrogen and oxygen atoms in total. The van der Waals surface area contributed by atoms with Crippen molar-refractivity contribution in [3.05, 3.63) is 54.5 Å². The zero-order valence-electron chi connectivity index (χ0n) is 11.8. The number of nitrogens with zero attached hydrogens (tertiary/aromatic N) is 4. The third-order valence-corrected chi connectivity index (χ3v) is 3.13. The van der Waals surface area contributed by atoms with E-state index in [1.165, 1.54) is 6.20 Å². The maximum Gasteiger partial charge on any atom is 0.182 e. The van der Waals surface area contributed by atoms with Crippen LogP contribution >= 0.6 is 0 Å². The Labute approximate surface area is 127 Å². The molecule has 0 unspecified atom stereocenters. The Morgan fingerprint density at radius 3 is 2.68 bits per heavy atom. The smallest absolute Gasteiger partial charge is 0.182 e. The quantitative estimate of drug-likeness (QED) is 0.702. The number of para-hydroxylation sites is 1. The van der Waals surface area contributed by atoms with Gasteiger partial charge in [-0.3, -0.25) is 0 Å². The molecule has 3 aromatic rings. The number of pyridine rings is 1. The molecule has 0 bridgehead atoms. The lowest BCUT2D eigenvalue weighted by molar-refractivity contribution is 1.03. The topological polar surface area (TPSA) is 86.5 Å². The van der Waals surface area contributed by atoms with Crippen LogP contribution in [0.5, 0.6) is 0 Å². The van der Waals surface area contributed by atoms with Gasteiger partial charge in [0.1, 0.15) is 11.9 Å². The van der Waals surface area contributed by atoms with E-state index in [1.807, 2.05) is 42.5 Å². The average molecular weight is 290 g/mol. The Balaban J connectivity index is 1.57. The van der Waals surface area contributed by atoms with Gasteiger partial charge >= 0.3 is 0 Å². The summed E-state index contributed by atoms with van der Waals surface area (Å²) in [5.41, 5.74) is 1.26. The molecular formula is C16H14N6. The van der Waals surface area contributed by atoms with Gasteiger partial charge in [0.05, 0.1) is 5.52 Å². The van der Waals surface area contributed by atoms with Gasteiger partial charge in [-0.15, -0.1) is 0 Å². The van der Waals surface area contributed by atoms with Crippen molar-refractivity contribution >= 4 is 22.5 Å². The van der Waals surface area contributed by atoms with Crippen LogP contribution in [0.25, 0.3) is 10.9 Å². The molecule has 0 saturated heterocycles. The van der Waals surface area contributed by atoms with E-state index in [-0.39, 0.29) is 0 Å². The van der Waals surface area contributed by atoms with Gasteiger partial charge in [0, 0.05) is 30.9 Å². The van der Waals surface area contributed by atoms with E-state index in [0.29, 0.717) is 24.6 Å². The summed E-state index contributed by atoms with van der Waals surface area (Å²) in [7, 11) is 0. The fourth-order valence-electron chi connectivity index (χ4n) is 2.09. The summed E-state index contributed by atoms with van der Waals surface area (Å²) in [5, 5.41) is 16.4. The highest BCUT2D eigenvalue weighted by Crippen LogP contribution is 2.14. The van der Waals surface area contributed by atoms with Crippen LogP contribution in [0.2, 0.25) is 0 Å². The van der Waals surface area contributed by atoms with Gasteiger partial charge in [0.25, 0.3) is 0 Å². The van der Waals surface area contributed by atoms with Crippen molar-refractivity contribution in [3.63, 3.8) is 0 Å². The molecule has 0 fully saturated rings. The van der Waals surface area contributed by atoms with Gasteiger partial charge in [0.15, 0.2) is 11.5 Å². The van der Waals surface area contributed by atoms with Crippen LogP contribution in [-0.2, 0) is 0 Å². The van der Waals surface area contributed by atoms with Crippen LogP contribution in [0.15, 0.2) is 48.8 Å². The van der Waals surface area contributed by atoms with Crippen molar-refractivity contribution in [2.45, 2.75) is 0 Å². The molecule has 0 aliphatic heterocycles. The Hall–Kier alpha value is -3.20. The van der Waals surface area contributed by atoms with Crippen molar-refractivity contribution in [1.29, 1.82) is 5.26 Å². The lowest BCUT2D eigenvalue weighted by Crippen LogP contribution is -2.15. The average Bonchev–Trinajstić information content (AvgIpc) is 2.59. The third kappa shape index (κ3) is 3.10. The fraction of sp³-hybridized carbons (Fsp3) is 0.125. The first-order valence-electron chi connectivity index (χ1n) is 6.91. The Kier molecular flexibility index (Phi) is 4.07. The number of hydrogen-bond acceptors (Lipinski definition) is 6. The lowest BCUT2D eigenvalue weighted by Gasteiger charge is -2.08. The second kappa shape index (κ2) is 6.50. The molecule has 0 amide bonds. The summed E-state index contributed by atoms with van der Waals surface area (Å²) in [4.78, 5) is 12.6. The number of nitrogens with one attached hydrogen (secondary N) is 2. The van der Waals surface area contributed by atoms with Crippen LogP contribution < -0.4 is 10.6 Å². The number of anilines is 2. The highest BCUT2D eigenvalue weighted by Gasteiger charge is 2.02. The molecule has 2 heterocycles. The number of aromatic nitrogens is 3. The maximum absolute atomic E-state index is 8.94. The fourth-order valence-corrected chi connectivity index (χ4v) is 2.09. The number of fused-ring (bicyclic) bond motifs is 1. The minimum atomic E-state index is 0.298. The van der Waals surface area contributed by atoms with E-state index >= 15 is 0 Å². The zero-order chi connectivity index (χ0) is 15.2. The maximum atomic E-state index is 8.94. The van der Waals surface area contributed by atoms with Gasteiger partial charge < -0.3 is 10.6 Å². The van der Waals surface area contributed by atoms with E-state index in [1.54, 1.807) is 6.20 Å². The molecule has 0 aliphatic carbocycles. The second-order valence-corrected chi connectivity index (χ2v) is 4.61.